The summed E-state index contributed by atoms with van der Waals surface area (Å²) in [5.41, 5.74) is 4.94. The molecule has 0 atom stereocenters. The maximum Gasteiger partial charge on any atom is 0.305 e. The van der Waals surface area contributed by atoms with Crippen LogP contribution >= 0.6 is 0 Å². The van der Waals surface area contributed by atoms with Gasteiger partial charge < -0.3 is 14.9 Å². The molecule has 0 radical (unpaired) electrons. The molecule has 1 aromatic carbocycles. The predicted octanol–water partition coefficient (Wildman–Crippen LogP) is 2.42. The Morgan fingerprint density at radius 3 is 2.74 bits per heavy atom. The highest BCUT2D eigenvalue weighted by Crippen LogP contribution is 2.36. The normalized spacial score (nSPS) is 15.1. The molecule has 2 rings (SSSR count). The van der Waals surface area contributed by atoms with Crippen molar-refractivity contribution in [3.05, 3.63) is 23.3 Å². The first kappa shape index (κ1) is 13.7. The van der Waals surface area contributed by atoms with Crippen LogP contribution in [0.1, 0.15) is 24.0 Å². The van der Waals surface area contributed by atoms with Crippen LogP contribution in [-0.2, 0) is 4.79 Å². The highest BCUT2D eigenvalue weighted by molar-refractivity contribution is 5.77. The summed E-state index contributed by atoms with van der Waals surface area (Å²) in [7, 11) is 2.11. The van der Waals surface area contributed by atoms with E-state index >= 15 is 0 Å². The third-order valence-corrected chi connectivity index (χ3v) is 3.93. The van der Waals surface area contributed by atoms with Crippen molar-refractivity contribution in [2.24, 2.45) is 0 Å². The zero-order valence-electron chi connectivity index (χ0n) is 11.9. The van der Waals surface area contributed by atoms with E-state index < -0.39 is 5.97 Å². The third-order valence-electron chi connectivity index (χ3n) is 3.93. The van der Waals surface area contributed by atoms with Gasteiger partial charge in [-0.25, -0.2) is 0 Å². The van der Waals surface area contributed by atoms with Gasteiger partial charge in [-0.2, -0.15) is 0 Å². The first-order valence-electron chi connectivity index (χ1n) is 6.79. The smallest absolute Gasteiger partial charge is 0.305 e. The van der Waals surface area contributed by atoms with Crippen LogP contribution in [0.5, 0.6) is 0 Å². The third kappa shape index (κ3) is 2.83. The van der Waals surface area contributed by atoms with Crippen LogP contribution in [0.4, 0.5) is 11.4 Å². The Kier molecular flexibility index (Phi) is 3.98. The Hall–Kier alpha value is -1.71. The molecule has 19 heavy (non-hydrogen) atoms. The molecule has 0 spiro atoms. The number of nitrogens with zero attached hydrogens (tertiary/aromatic N) is 2. The van der Waals surface area contributed by atoms with Crippen molar-refractivity contribution in [3.8, 4) is 0 Å². The molecule has 0 aliphatic carbocycles. The fourth-order valence-electron chi connectivity index (χ4n) is 2.68. The summed E-state index contributed by atoms with van der Waals surface area (Å²) in [5.74, 6) is -0.732. The maximum atomic E-state index is 10.8. The molecule has 104 valence electrons. The van der Waals surface area contributed by atoms with Crippen molar-refractivity contribution in [1.29, 1.82) is 0 Å². The summed E-state index contributed by atoms with van der Waals surface area (Å²) < 4.78 is 0. The van der Waals surface area contributed by atoms with Crippen molar-refractivity contribution in [1.82, 2.24) is 0 Å². The van der Waals surface area contributed by atoms with Gasteiger partial charge in [-0.05, 0) is 37.5 Å². The van der Waals surface area contributed by atoms with Crippen molar-refractivity contribution in [3.63, 3.8) is 0 Å². The average Bonchev–Trinajstić information content (AvgIpc) is 2.51. The second kappa shape index (κ2) is 5.51. The summed E-state index contributed by atoms with van der Waals surface area (Å²) in [5, 5.41) is 8.90. The minimum Gasteiger partial charge on any atom is -0.481 e. The number of carboxylic acids is 1. The molecule has 0 bridgehead atoms. The van der Waals surface area contributed by atoms with E-state index in [0.29, 0.717) is 6.54 Å². The van der Waals surface area contributed by atoms with Gasteiger partial charge in [0.2, 0.25) is 0 Å². The molecule has 1 N–H and O–H groups in total. The lowest BCUT2D eigenvalue weighted by Crippen LogP contribution is -2.27. The fraction of sp³-hybridized carbons (Fsp3) is 0.533. The van der Waals surface area contributed by atoms with Gasteiger partial charge in [0.05, 0.1) is 17.8 Å². The van der Waals surface area contributed by atoms with E-state index in [2.05, 4.69) is 42.8 Å². The average molecular weight is 262 g/mol. The quantitative estimate of drug-likeness (QED) is 0.908. The molecule has 0 aromatic heterocycles. The Balaban J connectivity index is 2.40. The molecule has 1 aromatic rings. The van der Waals surface area contributed by atoms with Crippen molar-refractivity contribution in [2.75, 3.05) is 36.5 Å². The van der Waals surface area contributed by atoms with Crippen molar-refractivity contribution < 1.29 is 9.90 Å². The van der Waals surface area contributed by atoms with E-state index in [1.54, 1.807) is 0 Å². The van der Waals surface area contributed by atoms with Crippen LogP contribution in [0.15, 0.2) is 12.1 Å². The van der Waals surface area contributed by atoms with Crippen LogP contribution in [0.3, 0.4) is 0 Å². The molecular formula is C15H22N2O2. The van der Waals surface area contributed by atoms with Gasteiger partial charge in [-0.15, -0.1) is 0 Å². The number of hydrogen-bond acceptors (Lipinski definition) is 3. The van der Waals surface area contributed by atoms with E-state index in [1.165, 1.54) is 22.5 Å². The second-order valence-corrected chi connectivity index (χ2v) is 5.28. The standard InChI is InChI=1S/C15H22N2O2/c1-11-5-6-13-15(12(11)2)17(10-7-14(18)19)9-4-8-16(13)3/h5-6H,4,7-10H2,1-3H3,(H,18,19). The Morgan fingerprint density at radius 1 is 1.32 bits per heavy atom. The van der Waals surface area contributed by atoms with E-state index in [1.807, 2.05) is 0 Å². The molecule has 0 saturated carbocycles. The highest BCUT2D eigenvalue weighted by Gasteiger charge is 2.21. The number of fused-ring (bicyclic) bond motifs is 1. The van der Waals surface area contributed by atoms with Crippen molar-refractivity contribution >= 4 is 17.3 Å². The van der Waals surface area contributed by atoms with E-state index in [-0.39, 0.29) is 6.42 Å². The highest BCUT2D eigenvalue weighted by atomic mass is 16.4. The van der Waals surface area contributed by atoms with E-state index in [0.717, 1.165) is 19.5 Å². The summed E-state index contributed by atoms with van der Waals surface area (Å²) in [6, 6.07) is 4.29. The van der Waals surface area contributed by atoms with Crippen LogP contribution in [0, 0.1) is 13.8 Å². The second-order valence-electron chi connectivity index (χ2n) is 5.28. The molecule has 0 amide bonds. The number of benzene rings is 1. The lowest BCUT2D eigenvalue weighted by molar-refractivity contribution is -0.136. The molecule has 0 unspecified atom stereocenters. The zero-order chi connectivity index (χ0) is 14.0. The van der Waals surface area contributed by atoms with Crippen LogP contribution in [-0.4, -0.2) is 37.8 Å². The van der Waals surface area contributed by atoms with Crippen LogP contribution in [0.25, 0.3) is 0 Å². The molecule has 4 nitrogen and oxygen atoms in total. The van der Waals surface area contributed by atoms with Crippen molar-refractivity contribution in [2.45, 2.75) is 26.7 Å². The Bertz CT molecular complexity index is 485. The summed E-state index contributed by atoms with van der Waals surface area (Å²) in [6.07, 6.45) is 1.25. The van der Waals surface area contributed by atoms with Gasteiger partial charge in [-0.3, -0.25) is 4.79 Å². The van der Waals surface area contributed by atoms with Gasteiger partial charge in [-0.1, -0.05) is 6.07 Å². The monoisotopic (exact) mass is 262 g/mol. The number of carboxylic acid groups (broad SMARTS) is 1. The summed E-state index contributed by atoms with van der Waals surface area (Å²) in [4.78, 5) is 15.3. The number of aryl methyl sites for hydroxylation is 1. The zero-order valence-corrected chi connectivity index (χ0v) is 11.9. The molecule has 1 aliphatic heterocycles. The number of aliphatic carboxylic acids is 1. The summed E-state index contributed by atoms with van der Waals surface area (Å²) >= 11 is 0. The molecular weight excluding hydrogens is 240 g/mol. The summed E-state index contributed by atoms with van der Waals surface area (Å²) in [6.45, 7) is 6.76. The van der Waals surface area contributed by atoms with Gasteiger partial charge in [0.15, 0.2) is 0 Å². The largest absolute Gasteiger partial charge is 0.481 e. The SMILES string of the molecule is Cc1ccc2c(c1C)N(CCC(=O)O)CCCN2C. The molecule has 1 heterocycles. The number of hydrogen-bond donors (Lipinski definition) is 1. The van der Waals surface area contributed by atoms with E-state index in [9.17, 15) is 4.79 Å². The minimum absolute atomic E-state index is 0.191. The molecule has 0 saturated heterocycles. The lowest BCUT2D eigenvalue weighted by Gasteiger charge is -2.28. The maximum absolute atomic E-state index is 10.8. The van der Waals surface area contributed by atoms with Gasteiger partial charge in [0.1, 0.15) is 0 Å². The van der Waals surface area contributed by atoms with Crippen LogP contribution < -0.4 is 9.80 Å². The number of carbonyl (C=O) groups is 1. The Labute approximate surface area is 114 Å². The Morgan fingerprint density at radius 2 is 2.05 bits per heavy atom. The molecule has 0 fully saturated rings. The predicted molar refractivity (Wildman–Crippen MR) is 78.3 cm³/mol. The van der Waals surface area contributed by atoms with Gasteiger partial charge in [0, 0.05) is 26.7 Å². The minimum atomic E-state index is -0.732. The molecule has 1 aliphatic rings. The van der Waals surface area contributed by atoms with E-state index in [4.69, 9.17) is 5.11 Å². The first-order chi connectivity index (χ1) is 9.00. The van der Waals surface area contributed by atoms with Crippen LogP contribution in [0.2, 0.25) is 0 Å². The van der Waals surface area contributed by atoms with Gasteiger partial charge in [0.25, 0.3) is 0 Å². The lowest BCUT2D eigenvalue weighted by atomic mass is 10.0. The van der Waals surface area contributed by atoms with Gasteiger partial charge >= 0.3 is 5.97 Å². The molecule has 4 heteroatoms. The fourth-order valence-corrected chi connectivity index (χ4v) is 2.68. The number of rotatable bonds is 3. The number of anilines is 2. The first-order valence-corrected chi connectivity index (χ1v) is 6.79. The topological polar surface area (TPSA) is 43.8 Å².